The van der Waals surface area contributed by atoms with Crippen LogP contribution >= 0.6 is 0 Å². The Morgan fingerprint density at radius 2 is 0.595 bits per heavy atom. The maximum absolute atomic E-state index is 6.73. The fourth-order valence-electron chi connectivity index (χ4n) is 5.29. The number of ether oxygens (including phenoxy) is 4. The van der Waals surface area contributed by atoms with Crippen molar-refractivity contribution in [2.24, 2.45) is 40.9 Å². The van der Waals surface area contributed by atoms with Crippen LogP contribution in [0.1, 0.15) is 122 Å². The van der Waals surface area contributed by atoms with Crippen LogP contribution in [-0.4, -0.2) is 51.8 Å². The molecule has 0 N–H and O–H groups in total. The van der Waals surface area contributed by atoms with Crippen molar-refractivity contribution in [1.82, 2.24) is 0 Å². The normalized spacial score (nSPS) is 13.5. The summed E-state index contributed by atoms with van der Waals surface area (Å²) < 4.78 is 26.0. The molecule has 0 fully saturated rings. The monoisotopic (exact) mass is 529 g/mol. The number of hydrogen-bond acceptors (Lipinski definition) is 4. The highest BCUT2D eigenvalue weighted by atomic mass is 16.5. The van der Waals surface area contributed by atoms with Crippen LogP contribution in [0, 0.1) is 40.9 Å². The van der Waals surface area contributed by atoms with E-state index < -0.39 is 0 Å². The molecule has 0 aliphatic heterocycles. The Morgan fingerprint density at radius 3 is 0.757 bits per heavy atom. The van der Waals surface area contributed by atoms with Gasteiger partial charge in [0.2, 0.25) is 0 Å². The lowest BCUT2D eigenvalue weighted by molar-refractivity contribution is -0.144. The molecular weight excluding hydrogens is 460 g/mol. The van der Waals surface area contributed by atoms with Crippen LogP contribution in [0.3, 0.4) is 0 Å². The van der Waals surface area contributed by atoms with Gasteiger partial charge in [-0.05, 0) is 74.0 Å². The van der Waals surface area contributed by atoms with Gasteiger partial charge in [0.15, 0.2) is 0 Å². The largest absolute Gasteiger partial charge is 0.384 e. The van der Waals surface area contributed by atoms with Crippen molar-refractivity contribution >= 4 is 0 Å². The molecule has 0 aliphatic carbocycles. The Hall–Kier alpha value is -0.160. The summed E-state index contributed by atoms with van der Waals surface area (Å²) >= 11 is 0. The molecule has 0 aliphatic rings. The molecule has 0 unspecified atom stereocenters. The smallest absolute Gasteiger partial charge is 0.0638 e. The lowest BCUT2D eigenvalue weighted by atomic mass is 9.90. The van der Waals surface area contributed by atoms with Gasteiger partial charge in [-0.1, -0.05) is 83.1 Å². The first-order chi connectivity index (χ1) is 17.2. The molecule has 0 aromatic heterocycles. The van der Waals surface area contributed by atoms with E-state index in [1.807, 2.05) is 0 Å². The number of hydrogen-bond donors (Lipinski definition) is 0. The first-order valence-electron chi connectivity index (χ1n) is 15.5. The van der Waals surface area contributed by atoms with E-state index in [1.165, 1.54) is 0 Å². The predicted octanol–water partition coefficient (Wildman–Crippen LogP) is 9.05. The molecule has 0 atom stereocenters. The number of rotatable bonds is 23. The Morgan fingerprint density at radius 1 is 0.378 bits per heavy atom. The standard InChI is InChI=1S/C33H68O4/c1-24(2)14-30(15-25(3)4)35-21-33(20-34-13,22-36-31(16-26(5)6)17-27(7)8)23-37-32(18-28(9)10)19-29(11)12/h24-32H,14-23H2,1-13H3. The third kappa shape index (κ3) is 19.5. The molecule has 0 spiro atoms. The van der Waals surface area contributed by atoms with Gasteiger partial charge in [-0.25, -0.2) is 0 Å². The summed E-state index contributed by atoms with van der Waals surface area (Å²) in [6, 6.07) is 0. The van der Waals surface area contributed by atoms with Crippen LogP contribution in [0.2, 0.25) is 0 Å². The Bertz CT molecular complexity index is 427. The van der Waals surface area contributed by atoms with Gasteiger partial charge in [0.05, 0.1) is 50.2 Å². The lowest BCUT2D eigenvalue weighted by Gasteiger charge is -2.37. The molecule has 224 valence electrons. The van der Waals surface area contributed by atoms with Crippen molar-refractivity contribution in [2.75, 3.05) is 33.5 Å². The van der Waals surface area contributed by atoms with E-state index in [2.05, 4.69) is 83.1 Å². The second-order valence-electron chi connectivity index (χ2n) is 14.5. The van der Waals surface area contributed by atoms with Gasteiger partial charge in [-0.15, -0.1) is 0 Å². The topological polar surface area (TPSA) is 36.9 Å². The molecule has 4 heteroatoms. The summed E-state index contributed by atoms with van der Waals surface area (Å²) in [6.45, 7) is 29.9. The summed E-state index contributed by atoms with van der Waals surface area (Å²) in [6.07, 6.45) is 7.23. The zero-order valence-corrected chi connectivity index (χ0v) is 27.4. The van der Waals surface area contributed by atoms with E-state index >= 15 is 0 Å². The first-order valence-corrected chi connectivity index (χ1v) is 15.5. The van der Waals surface area contributed by atoms with E-state index in [9.17, 15) is 0 Å². The van der Waals surface area contributed by atoms with Crippen LogP contribution in [0.5, 0.6) is 0 Å². The highest BCUT2D eigenvalue weighted by Gasteiger charge is 2.35. The molecule has 0 radical (unpaired) electrons. The molecule has 0 rings (SSSR count). The summed E-state index contributed by atoms with van der Waals surface area (Å²) in [5.41, 5.74) is -0.320. The van der Waals surface area contributed by atoms with E-state index in [0.29, 0.717) is 61.9 Å². The highest BCUT2D eigenvalue weighted by molar-refractivity contribution is 4.82. The first kappa shape index (κ1) is 36.8. The molecule has 0 bridgehead atoms. The average Bonchev–Trinajstić information content (AvgIpc) is 2.72. The number of methoxy groups -OCH3 is 1. The zero-order chi connectivity index (χ0) is 28.6. The molecule has 0 saturated heterocycles. The van der Waals surface area contributed by atoms with Crippen molar-refractivity contribution in [3.05, 3.63) is 0 Å². The summed E-state index contributed by atoms with van der Waals surface area (Å²) in [5, 5.41) is 0. The maximum atomic E-state index is 6.73. The minimum Gasteiger partial charge on any atom is -0.384 e. The van der Waals surface area contributed by atoms with Gasteiger partial charge in [-0.3, -0.25) is 0 Å². The molecule has 4 nitrogen and oxygen atoms in total. The van der Waals surface area contributed by atoms with Gasteiger partial charge in [-0.2, -0.15) is 0 Å². The van der Waals surface area contributed by atoms with Crippen LogP contribution in [-0.2, 0) is 18.9 Å². The minimum atomic E-state index is -0.320. The zero-order valence-electron chi connectivity index (χ0n) is 27.4. The second kappa shape index (κ2) is 19.8. The molecule has 0 amide bonds. The van der Waals surface area contributed by atoms with Gasteiger partial charge in [0, 0.05) is 7.11 Å². The van der Waals surface area contributed by atoms with Crippen LogP contribution in [0.4, 0.5) is 0 Å². The average molecular weight is 529 g/mol. The van der Waals surface area contributed by atoms with Crippen molar-refractivity contribution < 1.29 is 18.9 Å². The fraction of sp³-hybridized carbons (Fsp3) is 1.00. The lowest BCUT2D eigenvalue weighted by Crippen LogP contribution is -2.45. The van der Waals surface area contributed by atoms with E-state index in [-0.39, 0.29) is 23.7 Å². The Balaban J connectivity index is 5.87. The third-order valence-electron chi connectivity index (χ3n) is 6.73. The quantitative estimate of drug-likeness (QED) is 0.132. The van der Waals surface area contributed by atoms with E-state index in [0.717, 1.165) is 38.5 Å². The summed E-state index contributed by atoms with van der Waals surface area (Å²) in [5.74, 6) is 3.64. The molecule has 0 saturated carbocycles. The van der Waals surface area contributed by atoms with Gasteiger partial charge >= 0.3 is 0 Å². The second-order valence-corrected chi connectivity index (χ2v) is 14.5. The van der Waals surface area contributed by atoms with Gasteiger partial charge in [0.25, 0.3) is 0 Å². The maximum Gasteiger partial charge on any atom is 0.0638 e. The van der Waals surface area contributed by atoms with Crippen molar-refractivity contribution in [1.29, 1.82) is 0 Å². The predicted molar refractivity (Wildman–Crippen MR) is 160 cm³/mol. The van der Waals surface area contributed by atoms with E-state index in [1.54, 1.807) is 7.11 Å². The Kier molecular flexibility index (Phi) is 19.7. The highest BCUT2D eigenvalue weighted by Crippen LogP contribution is 2.29. The van der Waals surface area contributed by atoms with Crippen molar-refractivity contribution in [2.45, 2.75) is 140 Å². The fourth-order valence-corrected chi connectivity index (χ4v) is 5.29. The molecule has 37 heavy (non-hydrogen) atoms. The molecular formula is C33H68O4. The van der Waals surface area contributed by atoms with Crippen molar-refractivity contribution in [3.8, 4) is 0 Å². The molecule has 0 aromatic carbocycles. The van der Waals surface area contributed by atoms with Crippen LogP contribution in [0.15, 0.2) is 0 Å². The molecule has 0 aromatic rings. The Labute approximate surface area is 233 Å². The third-order valence-corrected chi connectivity index (χ3v) is 6.73. The molecule has 0 heterocycles. The van der Waals surface area contributed by atoms with Gasteiger partial charge in [0.1, 0.15) is 0 Å². The summed E-state index contributed by atoms with van der Waals surface area (Å²) in [7, 11) is 1.80. The summed E-state index contributed by atoms with van der Waals surface area (Å²) in [4.78, 5) is 0. The van der Waals surface area contributed by atoms with Crippen molar-refractivity contribution in [3.63, 3.8) is 0 Å². The van der Waals surface area contributed by atoms with E-state index in [4.69, 9.17) is 18.9 Å². The minimum absolute atomic E-state index is 0.250. The van der Waals surface area contributed by atoms with Crippen LogP contribution < -0.4 is 0 Å². The SMILES string of the molecule is COCC(COC(CC(C)C)CC(C)C)(COC(CC(C)C)CC(C)C)COC(CC(C)C)CC(C)C. The van der Waals surface area contributed by atoms with Crippen LogP contribution in [0.25, 0.3) is 0 Å². The van der Waals surface area contributed by atoms with Gasteiger partial charge < -0.3 is 18.9 Å².